The smallest absolute Gasteiger partial charge is 0.148 e. The first-order chi connectivity index (χ1) is 7.86. The first-order valence-electron chi connectivity index (χ1n) is 5.08. The Morgan fingerprint density at radius 3 is 3.00 bits per heavy atom. The van der Waals surface area contributed by atoms with Gasteiger partial charge in [-0.05, 0) is 29.6 Å². The van der Waals surface area contributed by atoms with Gasteiger partial charge < -0.3 is 10.3 Å². The number of fused-ring (bicyclic) bond motifs is 1. The molecule has 0 fully saturated rings. The zero-order valence-corrected chi connectivity index (χ0v) is 9.64. The van der Waals surface area contributed by atoms with Gasteiger partial charge in [0.15, 0.2) is 0 Å². The summed E-state index contributed by atoms with van der Waals surface area (Å²) in [5, 5.41) is 5.18. The maximum absolute atomic E-state index is 4.56. The van der Waals surface area contributed by atoms with Crippen LogP contribution in [0.2, 0.25) is 0 Å². The molecule has 2 N–H and O–H groups in total. The summed E-state index contributed by atoms with van der Waals surface area (Å²) in [7, 11) is 1.91. The Labute approximate surface area is 97.2 Å². The van der Waals surface area contributed by atoms with Crippen LogP contribution in [0.4, 0.5) is 5.69 Å². The van der Waals surface area contributed by atoms with Gasteiger partial charge in [-0.25, -0.2) is 4.98 Å². The summed E-state index contributed by atoms with van der Waals surface area (Å²) in [4.78, 5) is 9.06. The summed E-state index contributed by atoms with van der Waals surface area (Å²) >= 11 is 1.69. The van der Waals surface area contributed by atoms with Crippen LogP contribution in [0, 0.1) is 0 Å². The number of hydrogen-bond acceptors (Lipinski definition) is 3. The van der Waals surface area contributed by atoms with E-state index < -0.39 is 0 Å². The molecular weight excluding hydrogens is 218 g/mol. The Morgan fingerprint density at radius 2 is 2.25 bits per heavy atom. The summed E-state index contributed by atoms with van der Waals surface area (Å²) < 4.78 is 0. The highest BCUT2D eigenvalue weighted by atomic mass is 32.1. The molecule has 2 heterocycles. The average Bonchev–Trinajstić information content (AvgIpc) is 2.96. The molecule has 80 valence electrons. The van der Waals surface area contributed by atoms with Gasteiger partial charge in [-0.2, -0.15) is 0 Å². The summed E-state index contributed by atoms with van der Waals surface area (Å²) in [5.74, 6) is 0.943. The van der Waals surface area contributed by atoms with Gasteiger partial charge in [0.2, 0.25) is 0 Å². The van der Waals surface area contributed by atoms with Crippen molar-refractivity contribution in [2.45, 2.75) is 0 Å². The number of H-pyrrole nitrogens is 1. The standard InChI is InChI=1S/C12H11N3S/c1-13-8-4-5-9-10(7-8)15-12(14-9)11-3-2-6-16-11/h2-7,13H,1H3,(H,14,15). The van der Waals surface area contributed by atoms with Crippen LogP contribution < -0.4 is 5.32 Å². The van der Waals surface area contributed by atoms with Gasteiger partial charge in [0.1, 0.15) is 5.82 Å². The fraction of sp³-hybridized carbons (Fsp3) is 0.0833. The van der Waals surface area contributed by atoms with Crippen molar-refractivity contribution in [2.75, 3.05) is 12.4 Å². The summed E-state index contributed by atoms with van der Waals surface area (Å²) in [6.45, 7) is 0. The topological polar surface area (TPSA) is 40.7 Å². The van der Waals surface area contributed by atoms with E-state index in [9.17, 15) is 0 Å². The van der Waals surface area contributed by atoms with E-state index in [-0.39, 0.29) is 0 Å². The molecule has 0 atom stereocenters. The monoisotopic (exact) mass is 229 g/mol. The van der Waals surface area contributed by atoms with Gasteiger partial charge in [-0.1, -0.05) is 6.07 Å². The Kier molecular flexibility index (Phi) is 2.15. The van der Waals surface area contributed by atoms with E-state index >= 15 is 0 Å². The predicted octanol–water partition coefficient (Wildman–Crippen LogP) is 3.33. The number of hydrogen-bond donors (Lipinski definition) is 2. The lowest BCUT2D eigenvalue weighted by Gasteiger charge is -1.97. The lowest BCUT2D eigenvalue weighted by Crippen LogP contribution is -1.86. The predicted molar refractivity (Wildman–Crippen MR) is 69.0 cm³/mol. The molecular formula is C12H11N3S. The number of anilines is 1. The Morgan fingerprint density at radius 1 is 1.31 bits per heavy atom. The van der Waals surface area contributed by atoms with Crippen molar-refractivity contribution in [3.05, 3.63) is 35.7 Å². The highest BCUT2D eigenvalue weighted by Crippen LogP contribution is 2.25. The third-order valence-corrected chi connectivity index (χ3v) is 3.40. The SMILES string of the molecule is CNc1ccc2nc(-c3cccs3)[nH]c2c1. The lowest BCUT2D eigenvalue weighted by molar-refractivity contribution is 1.36. The second kappa shape index (κ2) is 3.64. The minimum Gasteiger partial charge on any atom is -0.388 e. The molecule has 0 aliphatic carbocycles. The number of thiophene rings is 1. The van der Waals surface area contributed by atoms with Crippen LogP contribution in [0.15, 0.2) is 35.7 Å². The van der Waals surface area contributed by atoms with Crippen LogP contribution >= 0.6 is 11.3 Å². The minimum absolute atomic E-state index is 0.943. The number of benzene rings is 1. The number of nitrogens with one attached hydrogen (secondary N) is 2. The van der Waals surface area contributed by atoms with Crippen molar-refractivity contribution < 1.29 is 0 Å². The van der Waals surface area contributed by atoms with Crippen LogP contribution in [0.1, 0.15) is 0 Å². The molecule has 3 nitrogen and oxygen atoms in total. The highest BCUT2D eigenvalue weighted by Gasteiger charge is 2.05. The molecule has 0 bridgehead atoms. The molecule has 3 rings (SSSR count). The zero-order valence-electron chi connectivity index (χ0n) is 8.82. The molecule has 0 spiro atoms. The van der Waals surface area contributed by atoms with Gasteiger partial charge in [0, 0.05) is 12.7 Å². The van der Waals surface area contributed by atoms with E-state index in [1.807, 2.05) is 25.2 Å². The molecule has 0 aliphatic rings. The zero-order chi connectivity index (χ0) is 11.0. The van der Waals surface area contributed by atoms with Crippen LogP contribution in [-0.4, -0.2) is 17.0 Å². The molecule has 1 aromatic carbocycles. The Balaban J connectivity index is 2.16. The Bertz CT molecular complexity index is 610. The second-order valence-electron chi connectivity index (χ2n) is 3.54. The summed E-state index contributed by atoms with van der Waals surface area (Å²) in [5.41, 5.74) is 3.16. The van der Waals surface area contributed by atoms with Crippen molar-refractivity contribution in [1.82, 2.24) is 9.97 Å². The van der Waals surface area contributed by atoms with Crippen LogP contribution in [0.25, 0.3) is 21.7 Å². The number of imidazole rings is 1. The van der Waals surface area contributed by atoms with Crippen molar-refractivity contribution in [3.8, 4) is 10.7 Å². The van der Waals surface area contributed by atoms with Crippen LogP contribution in [0.5, 0.6) is 0 Å². The van der Waals surface area contributed by atoms with E-state index in [0.29, 0.717) is 0 Å². The van der Waals surface area contributed by atoms with Gasteiger partial charge in [0.05, 0.1) is 15.9 Å². The molecule has 2 aromatic heterocycles. The van der Waals surface area contributed by atoms with E-state index in [4.69, 9.17) is 0 Å². The largest absolute Gasteiger partial charge is 0.388 e. The molecule has 0 saturated carbocycles. The van der Waals surface area contributed by atoms with Gasteiger partial charge >= 0.3 is 0 Å². The van der Waals surface area contributed by atoms with E-state index in [0.717, 1.165) is 22.5 Å². The number of aromatic nitrogens is 2. The van der Waals surface area contributed by atoms with Crippen molar-refractivity contribution in [2.24, 2.45) is 0 Å². The van der Waals surface area contributed by atoms with Crippen molar-refractivity contribution in [3.63, 3.8) is 0 Å². The third kappa shape index (κ3) is 1.47. The fourth-order valence-corrected chi connectivity index (χ4v) is 2.36. The van der Waals surface area contributed by atoms with Crippen molar-refractivity contribution in [1.29, 1.82) is 0 Å². The molecule has 0 amide bonds. The van der Waals surface area contributed by atoms with Gasteiger partial charge in [-0.3, -0.25) is 0 Å². The lowest BCUT2D eigenvalue weighted by atomic mass is 10.3. The second-order valence-corrected chi connectivity index (χ2v) is 4.49. The quantitative estimate of drug-likeness (QED) is 0.707. The molecule has 4 heteroatoms. The van der Waals surface area contributed by atoms with E-state index in [1.54, 1.807) is 11.3 Å². The first-order valence-corrected chi connectivity index (χ1v) is 5.96. The summed E-state index contributed by atoms with van der Waals surface area (Å²) in [6.07, 6.45) is 0. The van der Waals surface area contributed by atoms with Crippen LogP contribution in [0.3, 0.4) is 0 Å². The average molecular weight is 229 g/mol. The molecule has 0 aliphatic heterocycles. The molecule has 0 saturated heterocycles. The molecule has 16 heavy (non-hydrogen) atoms. The van der Waals surface area contributed by atoms with E-state index in [2.05, 4.69) is 32.8 Å². The molecule has 0 unspecified atom stereocenters. The number of nitrogens with zero attached hydrogens (tertiary/aromatic N) is 1. The fourth-order valence-electron chi connectivity index (χ4n) is 1.70. The summed E-state index contributed by atoms with van der Waals surface area (Å²) in [6, 6.07) is 10.2. The van der Waals surface area contributed by atoms with Crippen LogP contribution in [-0.2, 0) is 0 Å². The number of aromatic amines is 1. The van der Waals surface area contributed by atoms with Gasteiger partial charge in [-0.15, -0.1) is 11.3 Å². The maximum Gasteiger partial charge on any atom is 0.148 e. The molecule has 0 radical (unpaired) electrons. The maximum atomic E-state index is 4.56. The normalized spacial score (nSPS) is 10.8. The third-order valence-electron chi connectivity index (χ3n) is 2.53. The van der Waals surface area contributed by atoms with Gasteiger partial charge in [0.25, 0.3) is 0 Å². The number of rotatable bonds is 2. The Hall–Kier alpha value is -1.81. The highest BCUT2D eigenvalue weighted by molar-refractivity contribution is 7.13. The van der Waals surface area contributed by atoms with Crippen molar-refractivity contribution >= 4 is 28.1 Å². The minimum atomic E-state index is 0.943. The molecule has 3 aromatic rings. The van der Waals surface area contributed by atoms with E-state index in [1.165, 1.54) is 4.88 Å². The first kappa shape index (κ1) is 9.42.